The predicted molar refractivity (Wildman–Crippen MR) is 68.7 cm³/mol. The fraction of sp³-hybridized carbons (Fsp3) is 0.923. The third kappa shape index (κ3) is 5.04. The SMILES string of the molecule is CCCN(CC(=O)OCC)CC1(CCN)CC1. The van der Waals surface area contributed by atoms with Gasteiger partial charge >= 0.3 is 5.97 Å². The summed E-state index contributed by atoms with van der Waals surface area (Å²) >= 11 is 0. The van der Waals surface area contributed by atoms with E-state index in [2.05, 4.69) is 11.8 Å². The second kappa shape index (κ2) is 6.97. The summed E-state index contributed by atoms with van der Waals surface area (Å²) < 4.78 is 5.01. The van der Waals surface area contributed by atoms with Gasteiger partial charge in [0.05, 0.1) is 13.2 Å². The first-order chi connectivity index (χ1) is 8.15. The summed E-state index contributed by atoms with van der Waals surface area (Å²) in [5.41, 5.74) is 6.04. The summed E-state index contributed by atoms with van der Waals surface area (Å²) in [7, 11) is 0. The Labute approximate surface area is 104 Å². The van der Waals surface area contributed by atoms with Crippen molar-refractivity contribution in [3.8, 4) is 0 Å². The fourth-order valence-corrected chi connectivity index (χ4v) is 2.36. The minimum absolute atomic E-state index is 0.107. The van der Waals surface area contributed by atoms with Crippen LogP contribution in [0.15, 0.2) is 0 Å². The van der Waals surface area contributed by atoms with Gasteiger partial charge in [-0.2, -0.15) is 0 Å². The first-order valence-corrected chi connectivity index (χ1v) is 6.74. The van der Waals surface area contributed by atoms with Gasteiger partial charge in [-0.05, 0) is 51.1 Å². The van der Waals surface area contributed by atoms with E-state index in [1.54, 1.807) is 0 Å². The Balaban J connectivity index is 2.40. The van der Waals surface area contributed by atoms with Gasteiger partial charge in [-0.3, -0.25) is 9.69 Å². The van der Waals surface area contributed by atoms with Crippen molar-refractivity contribution in [2.75, 3.05) is 32.8 Å². The molecule has 1 fully saturated rings. The fourth-order valence-electron chi connectivity index (χ4n) is 2.36. The molecule has 2 N–H and O–H groups in total. The number of esters is 1. The topological polar surface area (TPSA) is 55.6 Å². The zero-order valence-corrected chi connectivity index (χ0v) is 11.2. The number of hydrogen-bond acceptors (Lipinski definition) is 4. The summed E-state index contributed by atoms with van der Waals surface area (Å²) in [5, 5.41) is 0. The number of nitrogens with zero attached hydrogens (tertiary/aromatic N) is 1. The Hall–Kier alpha value is -0.610. The molecular weight excluding hydrogens is 216 g/mol. The van der Waals surface area contributed by atoms with Gasteiger partial charge in [-0.15, -0.1) is 0 Å². The Morgan fingerprint density at radius 3 is 2.59 bits per heavy atom. The molecule has 4 heteroatoms. The lowest BCUT2D eigenvalue weighted by atomic mass is 10.0. The number of carbonyl (C=O) groups excluding carboxylic acids is 1. The van der Waals surface area contributed by atoms with E-state index in [1.807, 2.05) is 6.92 Å². The minimum Gasteiger partial charge on any atom is -0.465 e. The molecule has 0 aromatic carbocycles. The lowest BCUT2D eigenvalue weighted by Crippen LogP contribution is -2.37. The normalized spacial score (nSPS) is 17.2. The molecule has 0 aromatic heterocycles. The summed E-state index contributed by atoms with van der Waals surface area (Å²) in [4.78, 5) is 13.7. The Morgan fingerprint density at radius 2 is 2.12 bits per heavy atom. The third-order valence-electron chi connectivity index (χ3n) is 3.39. The van der Waals surface area contributed by atoms with E-state index in [4.69, 9.17) is 10.5 Å². The molecule has 1 saturated carbocycles. The first kappa shape index (κ1) is 14.5. The van der Waals surface area contributed by atoms with E-state index in [-0.39, 0.29) is 5.97 Å². The molecule has 100 valence electrons. The van der Waals surface area contributed by atoms with Gasteiger partial charge in [0.1, 0.15) is 0 Å². The van der Waals surface area contributed by atoms with Gasteiger partial charge in [-0.25, -0.2) is 0 Å². The minimum atomic E-state index is -0.107. The molecule has 17 heavy (non-hydrogen) atoms. The van der Waals surface area contributed by atoms with Crippen LogP contribution in [0.25, 0.3) is 0 Å². The Bertz CT molecular complexity index is 240. The van der Waals surface area contributed by atoms with E-state index < -0.39 is 0 Å². The van der Waals surface area contributed by atoms with Crippen LogP contribution in [-0.2, 0) is 9.53 Å². The highest BCUT2D eigenvalue weighted by molar-refractivity contribution is 5.71. The second-order valence-electron chi connectivity index (χ2n) is 5.05. The lowest BCUT2D eigenvalue weighted by molar-refractivity contribution is -0.144. The maximum absolute atomic E-state index is 11.5. The standard InChI is InChI=1S/C13H26N2O2/c1-3-9-15(10-12(16)17-4-2)11-13(5-6-13)7-8-14/h3-11,14H2,1-2H3. The van der Waals surface area contributed by atoms with Gasteiger partial charge in [0.15, 0.2) is 0 Å². The number of ether oxygens (including phenoxy) is 1. The van der Waals surface area contributed by atoms with Crippen LogP contribution in [-0.4, -0.2) is 43.7 Å². The van der Waals surface area contributed by atoms with Crippen molar-refractivity contribution in [1.82, 2.24) is 4.90 Å². The van der Waals surface area contributed by atoms with Crippen LogP contribution < -0.4 is 5.73 Å². The van der Waals surface area contributed by atoms with Crippen molar-refractivity contribution in [3.63, 3.8) is 0 Å². The smallest absolute Gasteiger partial charge is 0.320 e. The Kier molecular flexibility index (Phi) is 5.92. The highest BCUT2D eigenvalue weighted by Gasteiger charge is 2.42. The highest BCUT2D eigenvalue weighted by atomic mass is 16.5. The predicted octanol–water partition coefficient (Wildman–Crippen LogP) is 1.39. The van der Waals surface area contributed by atoms with Crippen molar-refractivity contribution in [1.29, 1.82) is 0 Å². The average molecular weight is 242 g/mol. The molecule has 4 nitrogen and oxygen atoms in total. The molecule has 0 aliphatic heterocycles. The van der Waals surface area contributed by atoms with E-state index in [0.29, 0.717) is 18.6 Å². The summed E-state index contributed by atoms with van der Waals surface area (Å²) in [6, 6.07) is 0. The van der Waals surface area contributed by atoms with Crippen LogP contribution in [0.1, 0.15) is 39.5 Å². The van der Waals surface area contributed by atoms with Crippen LogP contribution in [0, 0.1) is 5.41 Å². The zero-order valence-electron chi connectivity index (χ0n) is 11.2. The second-order valence-corrected chi connectivity index (χ2v) is 5.05. The van der Waals surface area contributed by atoms with Crippen LogP contribution >= 0.6 is 0 Å². The number of nitrogens with two attached hydrogens (primary N) is 1. The Morgan fingerprint density at radius 1 is 1.41 bits per heavy atom. The van der Waals surface area contributed by atoms with Crippen molar-refractivity contribution in [3.05, 3.63) is 0 Å². The molecule has 0 spiro atoms. The molecule has 0 unspecified atom stereocenters. The van der Waals surface area contributed by atoms with E-state index in [9.17, 15) is 4.79 Å². The molecule has 0 amide bonds. The molecule has 1 aliphatic carbocycles. The first-order valence-electron chi connectivity index (χ1n) is 6.74. The summed E-state index contributed by atoms with van der Waals surface area (Å²) in [6.07, 6.45) is 4.66. The number of hydrogen-bond donors (Lipinski definition) is 1. The van der Waals surface area contributed by atoms with Gasteiger partial charge in [0.25, 0.3) is 0 Å². The van der Waals surface area contributed by atoms with Crippen molar-refractivity contribution in [2.24, 2.45) is 11.1 Å². The third-order valence-corrected chi connectivity index (χ3v) is 3.39. The highest BCUT2D eigenvalue weighted by Crippen LogP contribution is 2.48. The molecule has 1 aliphatic rings. The number of carbonyl (C=O) groups is 1. The van der Waals surface area contributed by atoms with E-state index >= 15 is 0 Å². The monoisotopic (exact) mass is 242 g/mol. The van der Waals surface area contributed by atoms with Crippen LogP contribution in [0.4, 0.5) is 0 Å². The van der Waals surface area contributed by atoms with Gasteiger partial charge in [-0.1, -0.05) is 6.92 Å². The molecule has 1 rings (SSSR count). The van der Waals surface area contributed by atoms with Gasteiger partial charge < -0.3 is 10.5 Å². The molecule has 0 bridgehead atoms. The van der Waals surface area contributed by atoms with Crippen molar-refractivity contribution in [2.45, 2.75) is 39.5 Å². The van der Waals surface area contributed by atoms with Crippen LogP contribution in [0.5, 0.6) is 0 Å². The molecular formula is C13H26N2O2. The zero-order chi connectivity index (χ0) is 12.7. The average Bonchev–Trinajstić information content (AvgIpc) is 2.99. The van der Waals surface area contributed by atoms with Gasteiger partial charge in [0.2, 0.25) is 0 Å². The van der Waals surface area contributed by atoms with Crippen LogP contribution in [0.3, 0.4) is 0 Å². The maximum atomic E-state index is 11.5. The van der Waals surface area contributed by atoms with Crippen molar-refractivity contribution < 1.29 is 9.53 Å². The van der Waals surface area contributed by atoms with Crippen LogP contribution in [0.2, 0.25) is 0 Å². The summed E-state index contributed by atoms with van der Waals surface area (Å²) in [5.74, 6) is -0.107. The molecule has 0 saturated heterocycles. The molecule has 0 atom stereocenters. The van der Waals surface area contributed by atoms with E-state index in [0.717, 1.165) is 32.5 Å². The molecule has 0 heterocycles. The molecule has 0 radical (unpaired) electrons. The summed E-state index contributed by atoms with van der Waals surface area (Å²) in [6.45, 7) is 7.58. The largest absolute Gasteiger partial charge is 0.465 e. The number of rotatable bonds is 9. The van der Waals surface area contributed by atoms with E-state index in [1.165, 1.54) is 12.8 Å². The van der Waals surface area contributed by atoms with Gasteiger partial charge in [0, 0.05) is 6.54 Å². The lowest BCUT2D eigenvalue weighted by Gasteiger charge is -2.26. The molecule has 0 aromatic rings. The quantitative estimate of drug-likeness (QED) is 0.621. The maximum Gasteiger partial charge on any atom is 0.320 e. The van der Waals surface area contributed by atoms with Crippen molar-refractivity contribution >= 4 is 5.97 Å².